The molecule has 0 aromatic heterocycles. The van der Waals surface area contributed by atoms with Crippen LogP contribution in [0, 0.1) is 0 Å². The first-order valence-corrected chi connectivity index (χ1v) is 4.18. The van der Waals surface area contributed by atoms with Gasteiger partial charge in [-0.05, 0) is 0 Å². The predicted octanol–water partition coefficient (Wildman–Crippen LogP) is -2.40. The third-order valence-electron chi connectivity index (χ3n) is 1.81. The van der Waals surface area contributed by atoms with Crippen molar-refractivity contribution in [3.8, 4) is 0 Å². The molecule has 0 aromatic rings. The smallest absolute Gasteiger partial charge is 0.326 e. The van der Waals surface area contributed by atoms with E-state index in [2.05, 4.69) is 16.7 Å². The largest absolute Gasteiger partial charge is 0.480 e. The number of aliphatic hydroxyl groups is 1. The van der Waals surface area contributed by atoms with Gasteiger partial charge in [0.05, 0.1) is 12.9 Å². The summed E-state index contributed by atoms with van der Waals surface area (Å²) < 4.78 is 0. The monoisotopic (exact) mass is 227 g/mol. The van der Waals surface area contributed by atoms with Crippen molar-refractivity contribution in [1.82, 2.24) is 4.90 Å². The maximum atomic E-state index is 10.7. The van der Waals surface area contributed by atoms with Gasteiger partial charge in [0.25, 0.3) is 0 Å². The molecule has 0 aromatic carbocycles. The van der Waals surface area contributed by atoms with E-state index in [0.29, 0.717) is 13.1 Å². The Hall–Kier alpha value is -0.180. The number of carboxylic acids is 1. The molecule has 0 fully saturated rings. The molecule has 83 valence electrons. The van der Waals surface area contributed by atoms with Crippen molar-refractivity contribution >= 4 is 41.9 Å². The van der Waals surface area contributed by atoms with Crippen LogP contribution < -0.4 is 11.7 Å². The van der Waals surface area contributed by atoms with Gasteiger partial charge in [-0.25, -0.2) is 4.79 Å². The van der Waals surface area contributed by atoms with Gasteiger partial charge in [-0.1, -0.05) is 0 Å². The molecule has 1 aliphatic heterocycles. The van der Waals surface area contributed by atoms with E-state index >= 15 is 0 Å². The molecule has 0 saturated carbocycles. The van der Waals surface area contributed by atoms with Crippen molar-refractivity contribution in [3.63, 3.8) is 0 Å². The zero-order valence-corrected chi connectivity index (χ0v) is 10.8. The van der Waals surface area contributed by atoms with Gasteiger partial charge in [0.1, 0.15) is 6.04 Å². The molecule has 1 unspecified atom stereocenters. The molecule has 0 spiro atoms. The maximum absolute atomic E-state index is 10.7. The van der Waals surface area contributed by atoms with Crippen LogP contribution in [-0.4, -0.2) is 82.7 Å². The van der Waals surface area contributed by atoms with Crippen molar-refractivity contribution in [2.24, 2.45) is 16.7 Å². The van der Waals surface area contributed by atoms with Crippen molar-refractivity contribution < 1.29 is 15.0 Å². The molecule has 7 nitrogen and oxygen atoms in total. The number of carbonyl (C=O) groups is 1. The summed E-state index contributed by atoms with van der Waals surface area (Å²) in [5, 5.41) is 17.4. The maximum Gasteiger partial charge on any atom is 0.326 e. The third-order valence-corrected chi connectivity index (χ3v) is 1.81. The number of hydrazine groups is 1. The zero-order chi connectivity index (χ0) is 11.0. The van der Waals surface area contributed by atoms with Crippen LogP contribution in [0.5, 0.6) is 0 Å². The SMILES string of the molecule is NN.O=C(O)C(CCO)N1C=NCC1.[Na]. The molecular weight excluding hydrogens is 211 g/mol. The summed E-state index contributed by atoms with van der Waals surface area (Å²) in [6.45, 7) is 1.17. The Morgan fingerprint density at radius 2 is 2.20 bits per heavy atom. The van der Waals surface area contributed by atoms with E-state index in [0.717, 1.165) is 0 Å². The average molecular weight is 227 g/mol. The Labute approximate surface area is 110 Å². The van der Waals surface area contributed by atoms with E-state index in [1.54, 1.807) is 4.90 Å². The van der Waals surface area contributed by atoms with Crippen LogP contribution in [0.1, 0.15) is 6.42 Å². The predicted molar refractivity (Wildman–Crippen MR) is 57.3 cm³/mol. The van der Waals surface area contributed by atoms with Crippen molar-refractivity contribution in [1.29, 1.82) is 0 Å². The molecule has 6 N–H and O–H groups in total. The van der Waals surface area contributed by atoms with Gasteiger partial charge in [0.15, 0.2) is 0 Å². The van der Waals surface area contributed by atoms with E-state index in [-0.39, 0.29) is 42.6 Å². The molecule has 0 saturated heterocycles. The van der Waals surface area contributed by atoms with Crippen LogP contribution in [0.15, 0.2) is 4.99 Å². The number of aliphatic imine (C=N–C) groups is 1. The summed E-state index contributed by atoms with van der Waals surface area (Å²) in [7, 11) is 0. The molecule has 1 aliphatic rings. The van der Waals surface area contributed by atoms with Gasteiger partial charge in [0, 0.05) is 49.1 Å². The number of hydrogen-bond donors (Lipinski definition) is 4. The van der Waals surface area contributed by atoms with Crippen LogP contribution in [-0.2, 0) is 4.79 Å². The average Bonchev–Trinajstić information content (AvgIpc) is 2.69. The Morgan fingerprint density at radius 3 is 2.53 bits per heavy atom. The Kier molecular flexibility index (Phi) is 11.9. The number of carboxylic acid groups (broad SMARTS) is 1. The van der Waals surface area contributed by atoms with Crippen molar-refractivity contribution in [2.75, 3.05) is 19.7 Å². The molecule has 1 heterocycles. The van der Waals surface area contributed by atoms with Gasteiger partial charge in [-0.3, -0.25) is 16.7 Å². The second-order valence-corrected chi connectivity index (χ2v) is 2.63. The van der Waals surface area contributed by atoms with Gasteiger partial charge in [-0.2, -0.15) is 0 Å². The summed E-state index contributed by atoms with van der Waals surface area (Å²) in [5.74, 6) is 7.09. The number of rotatable bonds is 4. The summed E-state index contributed by atoms with van der Waals surface area (Å²) >= 11 is 0. The van der Waals surface area contributed by atoms with E-state index in [1.165, 1.54) is 6.34 Å². The van der Waals surface area contributed by atoms with Gasteiger partial charge < -0.3 is 15.1 Å². The van der Waals surface area contributed by atoms with Crippen molar-refractivity contribution in [2.45, 2.75) is 12.5 Å². The molecule has 0 amide bonds. The molecule has 8 heteroatoms. The van der Waals surface area contributed by atoms with Crippen LogP contribution in [0.4, 0.5) is 0 Å². The number of hydrogen-bond acceptors (Lipinski definition) is 6. The molecule has 1 rings (SSSR count). The number of aliphatic hydroxyl groups excluding tert-OH is 1. The normalized spacial score (nSPS) is 15.0. The van der Waals surface area contributed by atoms with Crippen molar-refractivity contribution in [3.05, 3.63) is 0 Å². The second kappa shape index (κ2) is 10.3. The fourth-order valence-corrected chi connectivity index (χ4v) is 1.18. The van der Waals surface area contributed by atoms with E-state index in [1.807, 2.05) is 0 Å². The van der Waals surface area contributed by atoms with Gasteiger partial charge >= 0.3 is 5.97 Å². The fraction of sp³-hybridized carbons (Fsp3) is 0.714. The number of nitrogens with two attached hydrogens (primary N) is 2. The van der Waals surface area contributed by atoms with Crippen LogP contribution in [0.3, 0.4) is 0 Å². The topological polar surface area (TPSA) is 125 Å². The fourth-order valence-electron chi connectivity index (χ4n) is 1.18. The third kappa shape index (κ3) is 6.08. The first-order chi connectivity index (χ1) is 6.75. The minimum absolute atomic E-state index is 0. The Morgan fingerprint density at radius 1 is 1.60 bits per heavy atom. The van der Waals surface area contributed by atoms with Crippen LogP contribution in [0.2, 0.25) is 0 Å². The summed E-state index contributed by atoms with van der Waals surface area (Å²) in [6, 6.07) is -0.624. The molecule has 15 heavy (non-hydrogen) atoms. The zero-order valence-electron chi connectivity index (χ0n) is 8.83. The molecule has 0 aliphatic carbocycles. The van der Waals surface area contributed by atoms with Gasteiger partial charge in [-0.15, -0.1) is 0 Å². The molecule has 0 bridgehead atoms. The van der Waals surface area contributed by atoms with Crippen LogP contribution >= 0.6 is 0 Å². The number of nitrogens with zero attached hydrogens (tertiary/aromatic N) is 2. The Bertz CT molecular complexity index is 203. The molecule has 1 atom stereocenters. The molecular formula is C7H16N4NaO3. The Balaban J connectivity index is 0. The number of aliphatic carboxylic acids is 1. The standard InChI is InChI=1S/C7H12N2O3.H4N2.Na/c10-4-1-6(7(11)12)9-3-2-8-5-9;1-2;/h5-6,10H,1-4H2,(H,11,12);1-2H2;. The van der Waals surface area contributed by atoms with E-state index in [4.69, 9.17) is 10.2 Å². The minimum atomic E-state index is -0.905. The summed E-state index contributed by atoms with van der Waals surface area (Å²) in [4.78, 5) is 16.2. The van der Waals surface area contributed by atoms with Crippen LogP contribution in [0.25, 0.3) is 0 Å². The van der Waals surface area contributed by atoms with E-state index in [9.17, 15) is 4.79 Å². The first-order valence-electron chi connectivity index (χ1n) is 4.18. The summed E-state index contributed by atoms with van der Waals surface area (Å²) in [5.41, 5.74) is 0. The second-order valence-electron chi connectivity index (χ2n) is 2.63. The molecule has 1 radical (unpaired) electrons. The van der Waals surface area contributed by atoms with E-state index < -0.39 is 12.0 Å². The first kappa shape index (κ1) is 17.2. The summed E-state index contributed by atoms with van der Waals surface area (Å²) in [6.07, 6.45) is 1.79. The minimum Gasteiger partial charge on any atom is -0.480 e. The quantitative estimate of drug-likeness (QED) is 0.241. The van der Waals surface area contributed by atoms with Gasteiger partial charge in [0.2, 0.25) is 0 Å².